The van der Waals surface area contributed by atoms with Crippen molar-refractivity contribution in [3.63, 3.8) is 0 Å². The van der Waals surface area contributed by atoms with Crippen molar-refractivity contribution in [2.45, 2.75) is 44.8 Å². The van der Waals surface area contributed by atoms with Crippen LogP contribution in [0.25, 0.3) is 0 Å². The number of hydrogen-bond donors (Lipinski definition) is 1. The molecule has 0 aliphatic carbocycles. The first-order valence-electron chi connectivity index (χ1n) is 9.01. The van der Waals surface area contributed by atoms with Gasteiger partial charge < -0.3 is 10.0 Å². The number of carbonyl (C=O) groups is 1. The molecule has 0 bridgehead atoms. The maximum atomic E-state index is 13.1. The summed E-state index contributed by atoms with van der Waals surface area (Å²) in [6.45, 7) is 4.90. The molecule has 2 heterocycles. The molecule has 0 radical (unpaired) electrons. The molecule has 1 aromatic rings. The van der Waals surface area contributed by atoms with E-state index in [0.717, 1.165) is 57.4 Å². The third-order valence-corrected chi connectivity index (χ3v) is 5.48. The highest BCUT2D eigenvalue weighted by Gasteiger charge is 2.32. The van der Waals surface area contributed by atoms with Gasteiger partial charge in [-0.25, -0.2) is 4.39 Å². The second kappa shape index (κ2) is 7.62. The van der Waals surface area contributed by atoms with Crippen LogP contribution in [-0.2, 0) is 4.79 Å². The number of rotatable bonds is 3. The molecule has 2 aliphatic heterocycles. The molecule has 4 nitrogen and oxygen atoms in total. The van der Waals surface area contributed by atoms with Gasteiger partial charge in [0.25, 0.3) is 0 Å². The van der Waals surface area contributed by atoms with Gasteiger partial charge in [-0.2, -0.15) is 0 Å². The van der Waals surface area contributed by atoms with Crippen molar-refractivity contribution in [2.75, 3.05) is 26.2 Å². The number of halogens is 1. The van der Waals surface area contributed by atoms with Gasteiger partial charge in [-0.05, 0) is 50.3 Å². The van der Waals surface area contributed by atoms with Crippen LogP contribution in [0.15, 0.2) is 24.3 Å². The number of benzene rings is 1. The molecule has 3 rings (SSSR count). The lowest BCUT2D eigenvalue weighted by Crippen LogP contribution is -2.47. The van der Waals surface area contributed by atoms with Gasteiger partial charge in [0.2, 0.25) is 5.91 Å². The van der Waals surface area contributed by atoms with E-state index in [0.29, 0.717) is 5.92 Å². The predicted octanol–water partition coefficient (Wildman–Crippen LogP) is 2.58. The van der Waals surface area contributed by atoms with Crippen LogP contribution >= 0.6 is 0 Å². The summed E-state index contributed by atoms with van der Waals surface area (Å²) in [5.41, 5.74) is 1.12. The number of likely N-dealkylation sites (tertiary alicyclic amines) is 2. The Balaban J connectivity index is 1.58. The van der Waals surface area contributed by atoms with Gasteiger partial charge in [-0.15, -0.1) is 0 Å². The van der Waals surface area contributed by atoms with Crippen molar-refractivity contribution in [2.24, 2.45) is 5.92 Å². The van der Waals surface area contributed by atoms with Gasteiger partial charge >= 0.3 is 0 Å². The van der Waals surface area contributed by atoms with Crippen LogP contribution in [0.1, 0.15) is 44.1 Å². The Kier molecular flexibility index (Phi) is 5.51. The Morgan fingerprint density at radius 2 is 1.83 bits per heavy atom. The molecule has 2 atom stereocenters. The van der Waals surface area contributed by atoms with Gasteiger partial charge in [0.05, 0.1) is 0 Å². The molecule has 2 aliphatic rings. The second-order valence-electron chi connectivity index (χ2n) is 7.12. The second-order valence-corrected chi connectivity index (χ2v) is 7.12. The smallest absolute Gasteiger partial charge is 0.225 e. The Hall–Kier alpha value is -1.46. The van der Waals surface area contributed by atoms with E-state index in [1.165, 1.54) is 12.1 Å². The van der Waals surface area contributed by atoms with Crippen molar-refractivity contribution >= 4 is 5.91 Å². The zero-order valence-corrected chi connectivity index (χ0v) is 14.3. The Labute approximate surface area is 143 Å². The number of nitrogens with zero attached hydrogens (tertiary/aromatic N) is 2. The summed E-state index contributed by atoms with van der Waals surface area (Å²) < 4.78 is 13.1. The van der Waals surface area contributed by atoms with Gasteiger partial charge in [-0.1, -0.05) is 12.1 Å². The summed E-state index contributed by atoms with van der Waals surface area (Å²) in [5.74, 6) is 0.423. The molecule has 1 aromatic carbocycles. The summed E-state index contributed by atoms with van der Waals surface area (Å²) >= 11 is 0. The van der Waals surface area contributed by atoms with E-state index < -0.39 is 6.23 Å². The van der Waals surface area contributed by atoms with E-state index in [-0.39, 0.29) is 17.6 Å². The Morgan fingerprint density at radius 1 is 1.17 bits per heavy atom. The largest absolute Gasteiger partial charge is 0.379 e. The third kappa shape index (κ3) is 3.95. The van der Waals surface area contributed by atoms with E-state index in [2.05, 4.69) is 0 Å². The molecule has 0 saturated carbocycles. The van der Waals surface area contributed by atoms with Crippen LogP contribution < -0.4 is 0 Å². The normalized spacial score (nSPS) is 24.8. The van der Waals surface area contributed by atoms with E-state index in [1.807, 2.05) is 21.9 Å². The molecule has 24 heavy (non-hydrogen) atoms. The number of carbonyl (C=O) groups excluding carboxylic acids is 1. The fourth-order valence-electron chi connectivity index (χ4n) is 3.96. The number of aliphatic hydroxyl groups is 1. The van der Waals surface area contributed by atoms with Crippen LogP contribution in [0.4, 0.5) is 4.39 Å². The standard InChI is InChI=1S/C19H27FN2O2/c1-14(23)21-11-8-16(9-12-21)19(24)22-10-2-3-17(13-22)15-4-6-18(20)7-5-15/h4-7,14,16-17,23H,2-3,8-13H2,1H3/t14?,17-/m1/s1. The minimum Gasteiger partial charge on any atom is -0.379 e. The minimum atomic E-state index is -0.432. The maximum absolute atomic E-state index is 13.1. The summed E-state index contributed by atoms with van der Waals surface area (Å²) in [5, 5.41) is 9.63. The van der Waals surface area contributed by atoms with Gasteiger partial charge in [0.1, 0.15) is 12.0 Å². The number of aliphatic hydroxyl groups excluding tert-OH is 1. The van der Waals surface area contributed by atoms with E-state index in [4.69, 9.17) is 0 Å². The van der Waals surface area contributed by atoms with Crippen LogP contribution in [0.5, 0.6) is 0 Å². The lowest BCUT2D eigenvalue weighted by molar-refractivity contribution is -0.139. The van der Waals surface area contributed by atoms with Gasteiger partial charge in [0, 0.05) is 38.0 Å². The number of amides is 1. The van der Waals surface area contributed by atoms with Crippen molar-refractivity contribution in [3.05, 3.63) is 35.6 Å². The lowest BCUT2D eigenvalue weighted by atomic mass is 9.88. The third-order valence-electron chi connectivity index (χ3n) is 5.48. The first-order valence-corrected chi connectivity index (χ1v) is 9.01. The van der Waals surface area contributed by atoms with Crippen LogP contribution in [0.3, 0.4) is 0 Å². The molecular formula is C19H27FN2O2. The molecule has 1 N–H and O–H groups in total. The summed E-state index contributed by atoms with van der Waals surface area (Å²) in [6, 6.07) is 6.69. The van der Waals surface area contributed by atoms with E-state index in [1.54, 1.807) is 6.92 Å². The van der Waals surface area contributed by atoms with Gasteiger partial charge in [0.15, 0.2) is 0 Å². The van der Waals surface area contributed by atoms with Crippen LogP contribution in [0, 0.1) is 11.7 Å². The van der Waals surface area contributed by atoms with Crippen LogP contribution in [0.2, 0.25) is 0 Å². The van der Waals surface area contributed by atoms with Gasteiger partial charge in [-0.3, -0.25) is 9.69 Å². The number of piperidine rings is 2. The molecular weight excluding hydrogens is 307 g/mol. The number of hydrogen-bond acceptors (Lipinski definition) is 3. The fourth-order valence-corrected chi connectivity index (χ4v) is 3.96. The highest BCUT2D eigenvalue weighted by Crippen LogP contribution is 2.29. The van der Waals surface area contributed by atoms with Crippen LogP contribution in [-0.4, -0.2) is 53.2 Å². The zero-order chi connectivity index (χ0) is 17.1. The van der Waals surface area contributed by atoms with Crippen molar-refractivity contribution in [1.29, 1.82) is 0 Å². The van der Waals surface area contributed by atoms with Crippen molar-refractivity contribution < 1.29 is 14.3 Å². The molecule has 132 valence electrons. The monoisotopic (exact) mass is 334 g/mol. The lowest BCUT2D eigenvalue weighted by Gasteiger charge is -2.38. The molecule has 0 aromatic heterocycles. The summed E-state index contributed by atoms with van der Waals surface area (Å²) in [4.78, 5) is 16.9. The maximum Gasteiger partial charge on any atom is 0.225 e. The summed E-state index contributed by atoms with van der Waals surface area (Å²) in [6.07, 6.45) is 3.26. The van der Waals surface area contributed by atoms with E-state index in [9.17, 15) is 14.3 Å². The average Bonchev–Trinajstić information content (AvgIpc) is 2.62. The molecule has 1 amide bonds. The SMILES string of the molecule is CC(O)N1CCC(C(=O)N2CCC[C@@H](c3ccc(F)cc3)C2)CC1. The first-order chi connectivity index (χ1) is 11.5. The molecule has 2 saturated heterocycles. The summed E-state index contributed by atoms with van der Waals surface area (Å²) in [7, 11) is 0. The van der Waals surface area contributed by atoms with E-state index >= 15 is 0 Å². The average molecular weight is 334 g/mol. The highest BCUT2D eigenvalue weighted by molar-refractivity contribution is 5.79. The topological polar surface area (TPSA) is 43.8 Å². The zero-order valence-electron chi connectivity index (χ0n) is 14.3. The molecule has 5 heteroatoms. The predicted molar refractivity (Wildman–Crippen MR) is 90.9 cm³/mol. The molecule has 2 fully saturated rings. The van der Waals surface area contributed by atoms with Crippen molar-refractivity contribution in [3.8, 4) is 0 Å². The quantitative estimate of drug-likeness (QED) is 0.924. The fraction of sp³-hybridized carbons (Fsp3) is 0.632. The first kappa shape index (κ1) is 17.4. The molecule has 0 spiro atoms. The van der Waals surface area contributed by atoms with Crippen molar-refractivity contribution in [1.82, 2.24) is 9.80 Å². The Bertz CT molecular complexity index is 553. The minimum absolute atomic E-state index is 0.0759. The Morgan fingerprint density at radius 3 is 2.46 bits per heavy atom. The molecule has 1 unspecified atom stereocenters. The highest BCUT2D eigenvalue weighted by atomic mass is 19.1.